The third-order valence-corrected chi connectivity index (χ3v) is 1.95. The summed E-state index contributed by atoms with van der Waals surface area (Å²) in [5, 5.41) is 9.02. The Hall–Kier alpha value is -0.510. The molecule has 0 saturated carbocycles. The number of halogens is 3. The fourth-order valence-corrected chi connectivity index (χ4v) is 1.09. The van der Waals surface area contributed by atoms with E-state index in [2.05, 4.69) is 0 Å². The third-order valence-electron chi connectivity index (χ3n) is 1.59. The first-order chi connectivity index (χ1) is 5.54. The van der Waals surface area contributed by atoms with Crippen LogP contribution in [0.3, 0.4) is 0 Å². The molecule has 1 aromatic rings. The molecule has 5 heteroatoms. The van der Waals surface area contributed by atoms with E-state index < -0.39 is 5.82 Å². The van der Waals surface area contributed by atoms with E-state index in [1.807, 2.05) is 0 Å². The van der Waals surface area contributed by atoms with Crippen molar-refractivity contribution >= 4 is 24.0 Å². The van der Waals surface area contributed by atoms with Crippen molar-refractivity contribution in [1.82, 2.24) is 0 Å². The standard InChI is InChI=1S/C8H9ClFNO.ClH/c1-4(11)5-2-3-6(10)7(9)8(5)12;/h2-4,12H,11H2,1H3;1H/t4-;/m0./s1. The van der Waals surface area contributed by atoms with Gasteiger partial charge < -0.3 is 10.8 Å². The Kier molecular flexibility index (Phi) is 4.47. The van der Waals surface area contributed by atoms with E-state index in [1.165, 1.54) is 12.1 Å². The number of aromatic hydroxyl groups is 1. The molecular formula is C8H10Cl2FNO. The molecule has 0 unspecified atom stereocenters. The summed E-state index contributed by atoms with van der Waals surface area (Å²) in [6.45, 7) is 1.68. The largest absolute Gasteiger partial charge is 0.506 e. The van der Waals surface area contributed by atoms with Gasteiger partial charge in [-0.15, -0.1) is 12.4 Å². The lowest BCUT2D eigenvalue weighted by Crippen LogP contribution is -2.05. The van der Waals surface area contributed by atoms with E-state index in [9.17, 15) is 9.50 Å². The maximum Gasteiger partial charge on any atom is 0.145 e. The molecule has 13 heavy (non-hydrogen) atoms. The molecule has 0 aromatic heterocycles. The van der Waals surface area contributed by atoms with Crippen LogP contribution < -0.4 is 5.73 Å². The summed E-state index contributed by atoms with van der Waals surface area (Å²) in [6.07, 6.45) is 0. The van der Waals surface area contributed by atoms with Crippen LogP contribution >= 0.6 is 24.0 Å². The van der Waals surface area contributed by atoms with Gasteiger partial charge in [0.05, 0.1) is 0 Å². The van der Waals surface area contributed by atoms with Crippen molar-refractivity contribution < 1.29 is 9.50 Å². The first-order valence-electron chi connectivity index (χ1n) is 3.46. The predicted octanol–water partition coefficient (Wildman–Crippen LogP) is 2.63. The molecule has 0 aliphatic carbocycles. The van der Waals surface area contributed by atoms with Crippen LogP contribution in [-0.4, -0.2) is 5.11 Å². The van der Waals surface area contributed by atoms with Crippen LogP contribution in [0.2, 0.25) is 5.02 Å². The number of nitrogens with two attached hydrogens (primary N) is 1. The SMILES string of the molecule is C[C@H](N)c1ccc(F)c(Cl)c1O.Cl. The van der Waals surface area contributed by atoms with Crippen molar-refractivity contribution in [3.05, 3.63) is 28.5 Å². The van der Waals surface area contributed by atoms with E-state index in [1.54, 1.807) is 6.92 Å². The van der Waals surface area contributed by atoms with Gasteiger partial charge >= 0.3 is 0 Å². The van der Waals surface area contributed by atoms with Gasteiger partial charge in [-0.05, 0) is 13.0 Å². The molecular weight excluding hydrogens is 216 g/mol. The summed E-state index contributed by atoms with van der Waals surface area (Å²) < 4.78 is 12.7. The summed E-state index contributed by atoms with van der Waals surface area (Å²) in [5.41, 5.74) is 5.94. The first kappa shape index (κ1) is 12.5. The fraction of sp³-hybridized carbons (Fsp3) is 0.250. The maximum absolute atomic E-state index is 12.7. The van der Waals surface area contributed by atoms with Crippen molar-refractivity contribution in [3.8, 4) is 5.75 Å². The minimum atomic E-state index is -0.640. The molecule has 74 valence electrons. The molecule has 0 aliphatic rings. The number of hydrogen-bond donors (Lipinski definition) is 2. The van der Waals surface area contributed by atoms with Crippen LogP contribution in [0, 0.1) is 5.82 Å². The molecule has 0 heterocycles. The second-order valence-electron chi connectivity index (χ2n) is 2.59. The lowest BCUT2D eigenvalue weighted by Gasteiger charge is -2.09. The normalized spacial score (nSPS) is 12.0. The number of phenols is 1. The van der Waals surface area contributed by atoms with Gasteiger partial charge in [0, 0.05) is 11.6 Å². The average Bonchev–Trinajstić information content (AvgIpc) is 2.00. The highest BCUT2D eigenvalue weighted by Gasteiger charge is 2.12. The molecule has 0 radical (unpaired) electrons. The van der Waals surface area contributed by atoms with Gasteiger partial charge in [0.1, 0.15) is 16.6 Å². The molecule has 0 bridgehead atoms. The predicted molar refractivity (Wildman–Crippen MR) is 52.9 cm³/mol. The highest BCUT2D eigenvalue weighted by Crippen LogP contribution is 2.32. The molecule has 0 spiro atoms. The zero-order valence-corrected chi connectivity index (χ0v) is 8.49. The first-order valence-corrected chi connectivity index (χ1v) is 3.84. The quantitative estimate of drug-likeness (QED) is 0.773. The van der Waals surface area contributed by atoms with Crippen molar-refractivity contribution in [2.75, 3.05) is 0 Å². The van der Waals surface area contributed by atoms with E-state index in [4.69, 9.17) is 17.3 Å². The van der Waals surface area contributed by atoms with Gasteiger partial charge in [-0.3, -0.25) is 0 Å². The van der Waals surface area contributed by atoms with E-state index >= 15 is 0 Å². The molecule has 1 rings (SSSR count). The Labute approximate surface area is 86.9 Å². The molecule has 1 atom stereocenters. The Bertz CT molecular complexity index is 304. The van der Waals surface area contributed by atoms with Crippen LogP contribution in [0.1, 0.15) is 18.5 Å². The number of rotatable bonds is 1. The minimum absolute atomic E-state index is 0. The Morgan fingerprint density at radius 1 is 1.54 bits per heavy atom. The Balaban J connectivity index is 0.00000144. The van der Waals surface area contributed by atoms with Crippen LogP contribution in [0.15, 0.2) is 12.1 Å². The van der Waals surface area contributed by atoms with Gasteiger partial charge in [0.2, 0.25) is 0 Å². The number of hydrogen-bond acceptors (Lipinski definition) is 2. The highest BCUT2D eigenvalue weighted by atomic mass is 35.5. The Morgan fingerprint density at radius 3 is 2.54 bits per heavy atom. The lowest BCUT2D eigenvalue weighted by molar-refractivity contribution is 0.458. The van der Waals surface area contributed by atoms with Crippen LogP contribution in [0.5, 0.6) is 5.75 Å². The summed E-state index contributed by atoms with van der Waals surface area (Å²) >= 11 is 5.45. The summed E-state index contributed by atoms with van der Waals surface area (Å²) in [7, 11) is 0. The zero-order valence-electron chi connectivity index (χ0n) is 6.92. The topological polar surface area (TPSA) is 46.2 Å². The van der Waals surface area contributed by atoms with Gasteiger partial charge in [-0.25, -0.2) is 4.39 Å². The summed E-state index contributed by atoms with van der Waals surface area (Å²) in [4.78, 5) is 0. The molecule has 0 saturated heterocycles. The molecule has 3 N–H and O–H groups in total. The van der Waals surface area contributed by atoms with E-state index in [0.29, 0.717) is 5.56 Å². The molecule has 0 fully saturated rings. The van der Waals surface area contributed by atoms with E-state index in [-0.39, 0.29) is 29.2 Å². The number of benzene rings is 1. The van der Waals surface area contributed by atoms with Crippen LogP contribution in [0.25, 0.3) is 0 Å². The van der Waals surface area contributed by atoms with Crippen LogP contribution in [0.4, 0.5) is 4.39 Å². The van der Waals surface area contributed by atoms with Crippen molar-refractivity contribution in [1.29, 1.82) is 0 Å². The highest BCUT2D eigenvalue weighted by molar-refractivity contribution is 6.32. The number of phenolic OH excluding ortho intramolecular Hbond substituents is 1. The monoisotopic (exact) mass is 225 g/mol. The minimum Gasteiger partial charge on any atom is -0.506 e. The maximum atomic E-state index is 12.7. The molecule has 2 nitrogen and oxygen atoms in total. The summed E-state index contributed by atoms with van der Waals surface area (Å²) in [6, 6.07) is 2.24. The molecule has 0 amide bonds. The van der Waals surface area contributed by atoms with E-state index in [0.717, 1.165) is 0 Å². The summed E-state index contributed by atoms with van der Waals surface area (Å²) in [5.74, 6) is -0.912. The Morgan fingerprint density at radius 2 is 2.08 bits per heavy atom. The fourth-order valence-electron chi connectivity index (χ4n) is 0.922. The lowest BCUT2D eigenvalue weighted by atomic mass is 10.1. The second kappa shape index (κ2) is 4.65. The smallest absolute Gasteiger partial charge is 0.145 e. The third kappa shape index (κ3) is 2.46. The van der Waals surface area contributed by atoms with Crippen LogP contribution in [-0.2, 0) is 0 Å². The molecule has 1 aromatic carbocycles. The second-order valence-corrected chi connectivity index (χ2v) is 2.97. The van der Waals surface area contributed by atoms with Gasteiger partial charge in [0.25, 0.3) is 0 Å². The van der Waals surface area contributed by atoms with Gasteiger partial charge in [-0.2, -0.15) is 0 Å². The van der Waals surface area contributed by atoms with Crippen molar-refractivity contribution in [3.63, 3.8) is 0 Å². The van der Waals surface area contributed by atoms with Gasteiger partial charge in [-0.1, -0.05) is 17.7 Å². The zero-order chi connectivity index (χ0) is 9.30. The van der Waals surface area contributed by atoms with Crippen molar-refractivity contribution in [2.24, 2.45) is 5.73 Å². The van der Waals surface area contributed by atoms with Gasteiger partial charge in [0.15, 0.2) is 0 Å². The average molecular weight is 226 g/mol. The van der Waals surface area contributed by atoms with Crippen molar-refractivity contribution in [2.45, 2.75) is 13.0 Å². The molecule has 0 aliphatic heterocycles.